The number of pyridine rings is 1. The minimum absolute atomic E-state index is 0.153. The molecule has 0 radical (unpaired) electrons. The molecule has 2 fully saturated rings. The molecule has 166 valence electrons. The van der Waals surface area contributed by atoms with E-state index in [2.05, 4.69) is 39.6 Å². The quantitative estimate of drug-likeness (QED) is 0.416. The third-order valence-corrected chi connectivity index (χ3v) is 7.01. The van der Waals surface area contributed by atoms with Gasteiger partial charge in [-0.1, -0.05) is 30.3 Å². The Kier molecular flexibility index (Phi) is 4.09. The van der Waals surface area contributed by atoms with E-state index in [-0.39, 0.29) is 11.3 Å². The highest BCUT2D eigenvalue weighted by Gasteiger charge is 2.49. The second kappa shape index (κ2) is 7.18. The molecule has 0 atom stereocenters. The lowest BCUT2D eigenvalue weighted by molar-refractivity contribution is 0.102. The number of carbonyl (C=O) groups excluding carboxylic acids is 1. The Hall–Kier alpha value is -4.13. The van der Waals surface area contributed by atoms with Crippen LogP contribution in [0.4, 0.5) is 5.82 Å². The number of imidazole rings is 1. The molecule has 0 unspecified atom stereocenters. The number of hydrogen-bond acceptors (Lipinski definition) is 5. The summed E-state index contributed by atoms with van der Waals surface area (Å²) in [5.41, 5.74) is 4.50. The van der Waals surface area contributed by atoms with Crippen molar-refractivity contribution in [1.82, 2.24) is 24.6 Å². The van der Waals surface area contributed by atoms with Crippen LogP contribution >= 0.6 is 0 Å². The SMILES string of the molecule is O=C(Nc1nn2c(C3(c4ccc5ncccc5c4)CC3)cnc2nc1C1CC1)c1ccccc1. The van der Waals surface area contributed by atoms with Crippen LogP contribution in [0.3, 0.4) is 0 Å². The van der Waals surface area contributed by atoms with Crippen LogP contribution in [-0.4, -0.2) is 30.5 Å². The molecule has 0 spiro atoms. The maximum absolute atomic E-state index is 12.9. The highest BCUT2D eigenvalue weighted by atomic mass is 16.1. The van der Waals surface area contributed by atoms with E-state index >= 15 is 0 Å². The Balaban J connectivity index is 1.32. The maximum Gasteiger partial charge on any atom is 0.256 e. The number of benzene rings is 2. The van der Waals surface area contributed by atoms with Gasteiger partial charge < -0.3 is 5.32 Å². The summed E-state index contributed by atoms with van der Waals surface area (Å²) in [5.74, 6) is 1.26. The average Bonchev–Trinajstić information content (AvgIpc) is 3.82. The molecule has 2 aliphatic rings. The topological polar surface area (TPSA) is 85.1 Å². The number of hydrogen-bond donors (Lipinski definition) is 1. The van der Waals surface area contributed by atoms with Crippen molar-refractivity contribution in [2.45, 2.75) is 37.0 Å². The molecule has 34 heavy (non-hydrogen) atoms. The van der Waals surface area contributed by atoms with Crippen LogP contribution in [0, 0.1) is 0 Å². The van der Waals surface area contributed by atoms with Gasteiger partial charge in [-0.25, -0.2) is 9.97 Å². The third-order valence-electron chi connectivity index (χ3n) is 7.01. The molecule has 7 nitrogen and oxygen atoms in total. The minimum Gasteiger partial charge on any atom is -0.304 e. The van der Waals surface area contributed by atoms with Crippen molar-refractivity contribution in [3.8, 4) is 0 Å². The fraction of sp³-hybridized carbons (Fsp3) is 0.222. The predicted molar refractivity (Wildman–Crippen MR) is 129 cm³/mol. The molecule has 3 heterocycles. The molecule has 7 heteroatoms. The van der Waals surface area contributed by atoms with Gasteiger partial charge >= 0.3 is 0 Å². The fourth-order valence-electron chi connectivity index (χ4n) is 4.84. The molecule has 0 bridgehead atoms. The summed E-state index contributed by atoms with van der Waals surface area (Å²) in [6.45, 7) is 0. The second-order valence-electron chi connectivity index (χ2n) is 9.29. The van der Waals surface area contributed by atoms with Gasteiger partial charge in [0.25, 0.3) is 11.7 Å². The van der Waals surface area contributed by atoms with Crippen molar-refractivity contribution in [1.29, 1.82) is 0 Å². The summed E-state index contributed by atoms with van der Waals surface area (Å²) >= 11 is 0. The standard InChI is InChI=1S/C27H22N6O/c34-25(18-5-2-1-3-6-18)31-24-23(17-8-9-17)30-26-29-16-22(33(26)32-24)27(12-13-27)20-10-11-21-19(15-20)7-4-14-28-21/h1-7,10-11,14-17H,8-9,12-13H2,(H,31,32,34). The van der Waals surface area contributed by atoms with Gasteiger partial charge in [-0.2, -0.15) is 4.52 Å². The zero-order chi connectivity index (χ0) is 22.7. The van der Waals surface area contributed by atoms with Gasteiger partial charge in [-0.05, 0) is 61.6 Å². The molecule has 3 aromatic heterocycles. The summed E-state index contributed by atoms with van der Waals surface area (Å²) < 4.78 is 1.83. The number of fused-ring (bicyclic) bond motifs is 2. The van der Waals surface area contributed by atoms with Crippen molar-refractivity contribution in [3.05, 3.63) is 95.6 Å². The van der Waals surface area contributed by atoms with E-state index < -0.39 is 0 Å². The number of amides is 1. The molecule has 2 aliphatic carbocycles. The average molecular weight is 447 g/mol. The zero-order valence-corrected chi connectivity index (χ0v) is 18.5. The van der Waals surface area contributed by atoms with E-state index in [4.69, 9.17) is 10.1 Å². The summed E-state index contributed by atoms with van der Waals surface area (Å²) in [4.78, 5) is 26.8. The highest BCUT2D eigenvalue weighted by Crippen LogP contribution is 2.54. The van der Waals surface area contributed by atoms with E-state index in [0.29, 0.717) is 23.1 Å². The van der Waals surface area contributed by atoms with Gasteiger partial charge in [0.2, 0.25) is 0 Å². The van der Waals surface area contributed by atoms with Crippen molar-refractivity contribution >= 4 is 28.4 Å². The van der Waals surface area contributed by atoms with Crippen molar-refractivity contribution < 1.29 is 4.79 Å². The van der Waals surface area contributed by atoms with Crippen LogP contribution < -0.4 is 5.32 Å². The van der Waals surface area contributed by atoms with Crippen molar-refractivity contribution in [2.75, 3.05) is 5.32 Å². The lowest BCUT2D eigenvalue weighted by Crippen LogP contribution is -2.19. The number of rotatable bonds is 5. The molecule has 0 aliphatic heterocycles. The van der Waals surface area contributed by atoms with Gasteiger partial charge in [0.05, 0.1) is 23.1 Å². The Labute approximate surface area is 195 Å². The number of nitrogens with zero attached hydrogens (tertiary/aromatic N) is 5. The lowest BCUT2D eigenvalue weighted by Gasteiger charge is -2.17. The van der Waals surface area contributed by atoms with E-state index in [9.17, 15) is 4.79 Å². The first-order chi connectivity index (χ1) is 16.7. The molecule has 1 N–H and O–H groups in total. The van der Waals surface area contributed by atoms with Gasteiger partial charge in [-0.15, -0.1) is 5.10 Å². The maximum atomic E-state index is 12.9. The molecular weight excluding hydrogens is 424 g/mol. The largest absolute Gasteiger partial charge is 0.304 e. The van der Waals surface area contributed by atoms with Crippen molar-refractivity contribution in [3.63, 3.8) is 0 Å². The Morgan fingerprint density at radius 2 is 1.85 bits per heavy atom. The van der Waals surface area contributed by atoms with E-state index in [1.54, 1.807) is 12.1 Å². The van der Waals surface area contributed by atoms with Gasteiger partial charge in [0, 0.05) is 28.5 Å². The molecule has 1 amide bonds. The third kappa shape index (κ3) is 3.08. The van der Waals surface area contributed by atoms with Gasteiger partial charge in [-0.3, -0.25) is 9.78 Å². The lowest BCUT2D eigenvalue weighted by atomic mass is 9.91. The summed E-state index contributed by atoms with van der Waals surface area (Å²) in [6, 6.07) is 19.7. The zero-order valence-electron chi connectivity index (χ0n) is 18.5. The minimum atomic E-state index is -0.180. The summed E-state index contributed by atoms with van der Waals surface area (Å²) in [6.07, 6.45) is 7.87. The van der Waals surface area contributed by atoms with Crippen LogP contribution in [-0.2, 0) is 5.41 Å². The molecule has 5 aromatic rings. The normalized spacial score (nSPS) is 16.6. The predicted octanol–water partition coefficient (Wildman–Crippen LogP) is 4.88. The first kappa shape index (κ1) is 19.3. The Morgan fingerprint density at radius 3 is 2.65 bits per heavy atom. The Bertz CT molecular complexity index is 1570. The summed E-state index contributed by atoms with van der Waals surface area (Å²) in [5, 5.41) is 9.05. The van der Waals surface area contributed by atoms with Crippen LogP contribution in [0.25, 0.3) is 16.7 Å². The van der Waals surface area contributed by atoms with Crippen LogP contribution in [0.1, 0.15) is 58.9 Å². The van der Waals surface area contributed by atoms with Gasteiger partial charge in [0.15, 0.2) is 5.82 Å². The molecular formula is C27H22N6O. The van der Waals surface area contributed by atoms with Crippen LogP contribution in [0.5, 0.6) is 0 Å². The first-order valence-electron chi connectivity index (χ1n) is 11.7. The van der Waals surface area contributed by atoms with Gasteiger partial charge in [0.1, 0.15) is 0 Å². The van der Waals surface area contributed by atoms with Crippen LogP contribution in [0.2, 0.25) is 0 Å². The van der Waals surface area contributed by atoms with E-state index in [1.165, 1.54) is 5.56 Å². The first-order valence-corrected chi connectivity index (χ1v) is 11.7. The molecule has 2 saturated carbocycles. The number of carbonyl (C=O) groups is 1. The van der Waals surface area contributed by atoms with Crippen molar-refractivity contribution in [2.24, 2.45) is 0 Å². The van der Waals surface area contributed by atoms with E-state index in [1.807, 2.05) is 41.2 Å². The molecule has 0 saturated heterocycles. The van der Waals surface area contributed by atoms with Crippen LogP contribution in [0.15, 0.2) is 73.1 Å². The number of nitrogens with one attached hydrogen (secondary N) is 1. The molecule has 2 aromatic carbocycles. The fourth-order valence-corrected chi connectivity index (χ4v) is 4.84. The van der Waals surface area contributed by atoms with E-state index in [0.717, 1.165) is 48.0 Å². The Morgan fingerprint density at radius 1 is 1.00 bits per heavy atom. The second-order valence-corrected chi connectivity index (χ2v) is 9.29. The smallest absolute Gasteiger partial charge is 0.256 e. The number of anilines is 1. The number of aromatic nitrogens is 5. The molecule has 7 rings (SSSR count). The summed E-state index contributed by atoms with van der Waals surface area (Å²) in [7, 11) is 0. The highest BCUT2D eigenvalue weighted by molar-refractivity contribution is 6.04. The monoisotopic (exact) mass is 446 g/mol.